The first-order valence-electron chi connectivity index (χ1n) is 12.6. The molecule has 190 valence electrons. The minimum Gasteiger partial charge on any atom is -0.376 e. The Morgan fingerprint density at radius 1 is 1.31 bits per heavy atom. The second-order valence-electron chi connectivity index (χ2n) is 9.89. The van der Waals surface area contributed by atoms with Crippen LogP contribution in [0.2, 0.25) is 0 Å². The molecular weight excluding hydrogens is 458 g/mol. The van der Waals surface area contributed by atoms with Gasteiger partial charge in [0.15, 0.2) is 6.10 Å². The van der Waals surface area contributed by atoms with Crippen molar-refractivity contribution >= 4 is 24.3 Å². The Morgan fingerprint density at radius 3 is 2.72 bits per heavy atom. The summed E-state index contributed by atoms with van der Waals surface area (Å²) in [6.07, 6.45) is 7.89. The quantitative estimate of drug-likeness (QED) is 0.350. The summed E-state index contributed by atoms with van der Waals surface area (Å²) in [6.45, 7) is 11.7. The molecule has 1 amide bonds. The van der Waals surface area contributed by atoms with Gasteiger partial charge in [-0.15, -0.1) is 0 Å². The number of carbonyl (C=O) groups is 1. The van der Waals surface area contributed by atoms with Crippen LogP contribution < -0.4 is 9.80 Å². The Labute approximate surface area is 211 Å². The first-order valence-corrected chi connectivity index (χ1v) is 12.6. The van der Waals surface area contributed by atoms with Gasteiger partial charge in [0.1, 0.15) is 23.8 Å². The van der Waals surface area contributed by atoms with Gasteiger partial charge in [0, 0.05) is 43.2 Å². The van der Waals surface area contributed by atoms with Crippen LogP contribution in [0.1, 0.15) is 38.7 Å². The molecule has 2 saturated heterocycles. The molecule has 3 fully saturated rings. The minimum atomic E-state index is -0.519. The third kappa shape index (κ3) is 4.16. The number of anilines is 2. The summed E-state index contributed by atoms with van der Waals surface area (Å²) in [5, 5.41) is 9.43. The van der Waals surface area contributed by atoms with E-state index in [1.807, 2.05) is 11.8 Å². The lowest BCUT2D eigenvalue weighted by atomic mass is 9.66. The SMILES string of the molecule is C=N/C(=C\C(C#N)=C/C)N1CC2(CCC2)c2c(N3CCN(C(=O)C4COCCO4)C(C)C3)ncnc21. The zero-order valence-electron chi connectivity index (χ0n) is 21.0. The molecule has 4 aliphatic rings. The van der Waals surface area contributed by atoms with E-state index in [4.69, 9.17) is 14.5 Å². The van der Waals surface area contributed by atoms with E-state index in [2.05, 4.69) is 39.5 Å². The number of aromatic nitrogens is 2. The Bertz CT molecular complexity index is 1130. The number of hydrogen-bond donors (Lipinski definition) is 0. The Balaban J connectivity index is 1.42. The van der Waals surface area contributed by atoms with Crippen LogP contribution in [0.5, 0.6) is 0 Å². The summed E-state index contributed by atoms with van der Waals surface area (Å²) < 4.78 is 11.1. The predicted octanol–water partition coefficient (Wildman–Crippen LogP) is 2.18. The standard InChI is InChI=1S/C26H33N7O3/c1-4-19(13-27)12-21(28-3)33-16-26(6-5-7-26)22-23(29-17-30-24(22)33)31-8-9-32(18(2)14-31)25(34)20-15-35-10-11-36-20/h4,12,17-18,20H,3,5-11,14-16H2,1-2H3/b19-4+,21-12+. The van der Waals surface area contributed by atoms with Crippen LogP contribution in [0.4, 0.5) is 11.6 Å². The second-order valence-corrected chi connectivity index (χ2v) is 9.89. The normalized spacial score (nSPS) is 25.9. The second kappa shape index (κ2) is 9.99. The molecule has 2 unspecified atom stereocenters. The Morgan fingerprint density at radius 2 is 2.11 bits per heavy atom. The molecule has 0 aromatic carbocycles. The highest BCUT2D eigenvalue weighted by Crippen LogP contribution is 2.55. The maximum Gasteiger partial charge on any atom is 0.254 e. The molecule has 2 atom stereocenters. The van der Waals surface area contributed by atoms with Gasteiger partial charge in [-0.3, -0.25) is 4.79 Å². The van der Waals surface area contributed by atoms with Gasteiger partial charge < -0.3 is 24.2 Å². The van der Waals surface area contributed by atoms with Crippen LogP contribution in [-0.4, -0.2) is 85.6 Å². The number of nitriles is 1. The van der Waals surface area contributed by atoms with Crippen molar-refractivity contribution in [3.63, 3.8) is 0 Å². The lowest BCUT2D eigenvalue weighted by Gasteiger charge is -2.44. The number of hydrogen-bond acceptors (Lipinski definition) is 9. The third-order valence-corrected chi connectivity index (χ3v) is 7.83. The predicted molar refractivity (Wildman–Crippen MR) is 136 cm³/mol. The van der Waals surface area contributed by atoms with Crippen LogP contribution in [0.25, 0.3) is 0 Å². The zero-order chi connectivity index (χ0) is 25.3. The Hall–Kier alpha value is -3.29. The van der Waals surface area contributed by atoms with E-state index in [9.17, 15) is 10.1 Å². The van der Waals surface area contributed by atoms with Crippen molar-refractivity contribution in [3.8, 4) is 6.07 Å². The molecule has 1 aromatic heterocycles. The van der Waals surface area contributed by atoms with E-state index in [1.165, 1.54) is 0 Å². The van der Waals surface area contributed by atoms with Crippen LogP contribution >= 0.6 is 0 Å². The van der Waals surface area contributed by atoms with Crippen LogP contribution in [0, 0.1) is 11.3 Å². The van der Waals surface area contributed by atoms with Gasteiger partial charge in [-0.1, -0.05) is 12.5 Å². The molecule has 0 bridgehead atoms. The average molecular weight is 492 g/mol. The summed E-state index contributed by atoms with van der Waals surface area (Å²) >= 11 is 0. The monoisotopic (exact) mass is 491 g/mol. The third-order valence-electron chi connectivity index (χ3n) is 7.83. The summed E-state index contributed by atoms with van der Waals surface area (Å²) in [6, 6.07) is 2.21. The Kier molecular flexibility index (Phi) is 6.77. The molecule has 5 rings (SSSR count). The van der Waals surface area contributed by atoms with Gasteiger partial charge >= 0.3 is 0 Å². The molecule has 0 N–H and O–H groups in total. The van der Waals surface area contributed by atoms with E-state index in [0.29, 0.717) is 50.8 Å². The van der Waals surface area contributed by atoms with Crippen molar-refractivity contribution in [3.05, 3.63) is 35.4 Å². The molecule has 10 nitrogen and oxygen atoms in total. The maximum atomic E-state index is 13.1. The lowest BCUT2D eigenvalue weighted by Crippen LogP contribution is -2.58. The lowest BCUT2D eigenvalue weighted by molar-refractivity contribution is -0.160. The number of allylic oxidation sites excluding steroid dienone is 3. The van der Waals surface area contributed by atoms with Gasteiger partial charge in [-0.2, -0.15) is 5.26 Å². The number of piperazine rings is 1. The van der Waals surface area contributed by atoms with E-state index >= 15 is 0 Å². The number of fused-ring (bicyclic) bond motifs is 2. The van der Waals surface area contributed by atoms with Crippen molar-refractivity contribution in [2.45, 2.75) is 50.7 Å². The van der Waals surface area contributed by atoms with Gasteiger partial charge in [0.05, 0.1) is 31.5 Å². The molecule has 10 heteroatoms. The fraction of sp³-hybridized carbons (Fsp3) is 0.577. The summed E-state index contributed by atoms with van der Waals surface area (Å²) in [4.78, 5) is 33.1. The minimum absolute atomic E-state index is 0.000479. The van der Waals surface area contributed by atoms with Crippen LogP contribution in [-0.2, 0) is 19.7 Å². The van der Waals surface area contributed by atoms with Crippen molar-refractivity contribution in [2.75, 3.05) is 55.8 Å². The average Bonchev–Trinajstić information content (AvgIpc) is 3.26. The van der Waals surface area contributed by atoms with E-state index < -0.39 is 6.10 Å². The van der Waals surface area contributed by atoms with E-state index in [0.717, 1.165) is 43.0 Å². The molecule has 1 saturated carbocycles. The van der Waals surface area contributed by atoms with E-state index in [1.54, 1.807) is 18.5 Å². The molecule has 36 heavy (non-hydrogen) atoms. The molecule has 3 aliphatic heterocycles. The van der Waals surface area contributed by atoms with Crippen LogP contribution in [0.15, 0.2) is 34.9 Å². The maximum absolute atomic E-state index is 13.1. The van der Waals surface area contributed by atoms with Crippen molar-refractivity contribution < 1.29 is 14.3 Å². The van der Waals surface area contributed by atoms with Gasteiger partial charge in [-0.25, -0.2) is 15.0 Å². The van der Waals surface area contributed by atoms with Crippen molar-refractivity contribution in [1.82, 2.24) is 14.9 Å². The first-order chi connectivity index (χ1) is 17.5. The number of aliphatic imine (C=N–C) groups is 1. The first kappa shape index (κ1) is 24.4. The number of ether oxygens (including phenoxy) is 2. The molecular formula is C26H33N7O3. The fourth-order valence-corrected chi connectivity index (χ4v) is 5.76. The van der Waals surface area contributed by atoms with E-state index in [-0.39, 0.29) is 17.4 Å². The molecule has 1 aliphatic carbocycles. The summed E-state index contributed by atoms with van der Waals surface area (Å²) in [5.74, 6) is 2.40. The smallest absolute Gasteiger partial charge is 0.254 e. The number of nitrogens with zero attached hydrogens (tertiary/aromatic N) is 7. The number of carbonyl (C=O) groups excluding carboxylic acids is 1. The molecule has 0 radical (unpaired) electrons. The van der Waals surface area contributed by atoms with Crippen molar-refractivity contribution in [1.29, 1.82) is 5.26 Å². The number of amides is 1. The van der Waals surface area contributed by atoms with Gasteiger partial charge in [0.2, 0.25) is 0 Å². The van der Waals surface area contributed by atoms with Gasteiger partial charge in [-0.05, 0) is 39.5 Å². The topological polar surface area (TPSA) is 107 Å². The molecule has 1 spiro atoms. The fourth-order valence-electron chi connectivity index (χ4n) is 5.76. The summed E-state index contributed by atoms with van der Waals surface area (Å²) in [7, 11) is 0. The highest BCUT2D eigenvalue weighted by molar-refractivity contribution is 5.82. The highest BCUT2D eigenvalue weighted by atomic mass is 16.6. The van der Waals surface area contributed by atoms with Gasteiger partial charge in [0.25, 0.3) is 5.91 Å². The molecule has 1 aromatic rings. The zero-order valence-corrected chi connectivity index (χ0v) is 21.0. The highest BCUT2D eigenvalue weighted by Gasteiger charge is 2.51. The largest absolute Gasteiger partial charge is 0.376 e. The number of rotatable bonds is 5. The molecule has 4 heterocycles. The van der Waals surface area contributed by atoms with Crippen molar-refractivity contribution in [2.24, 2.45) is 4.99 Å². The summed E-state index contributed by atoms with van der Waals surface area (Å²) in [5.41, 5.74) is 1.65. The van der Waals surface area contributed by atoms with Crippen LogP contribution in [0.3, 0.4) is 0 Å².